The zero-order valence-electron chi connectivity index (χ0n) is 16.3. The van der Waals surface area contributed by atoms with Gasteiger partial charge in [-0.25, -0.2) is 9.97 Å². The Balaban J connectivity index is 1.56. The molecule has 0 aliphatic rings. The van der Waals surface area contributed by atoms with E-state index >= 15 is 0 Å². The number of hydrogen-bond acceptors (Lipinski definition) is 4. The third kappa shape index (κ3) is 4.30. The zero-order chi connectivity index (χ0) is 20.2. The number of nitrogens with one attached hydrogen (secondary N) is 1. The fourth-order valence-electron chi connectivity index (χ4n) is 3.17. The molecule has 4 aromatic rings. The Hall–Kier alpha value is -3.18. The van der Waals surface area contributed by atoms with E-state index in [1.54, 1.807) is 0 Å². The van der Waals surface area contributed by atoms with Crippen molar-refractivity contribution in [1.29, 1.82) is 0 Å². The molecular formula is C24H21N3OS. The van der Waals surface area contributed by atoms with Crippen LogP contribution in [0, 0.1) is 6.92 Å². The summed E-state index contributed by atoms with van der Waals surface area (Å²) >= 11 is 1.45. The van der Waals surface area contributed by atoms with E-state index in [1.807, 2.05) is 92.7 Å². The maximum Gasteiger partial charge on any atom is 0.237 e. The van der Waals surface area contributed by atoms with E-state index in [2.05, 4.69) is 15.3 Å². The van der Waals surface area contributed by atoms with Gasteiger partial charge >= 0.3 is 0 Å². The van der Waals surface area contributed by atoms with E-state index in [1.165, 1.54) is 11.8 Å². The molecule has 0 aliphatic carbocycles. The first-order valence-electron chi connectivity index (χ1n) is 9.47. The molecular weight excluding hydrogens is 378 g/mol. The number of fused-ring (bicyclic) bond motifs is 1. The first-order chi connectivity index (χ1) is 14.1. The number of amides is 1. The van der Waals surface area contributed by atoms with E-state index in [-0.39, 0.29) is 11.2 Å². The smallest absolute Gasteiger partial charge is 0.237 e. The number of aryl methyl sites for hydroxylation is 1. The molecule has 1 amide bonds. The van der Waals surface area contributed by atoms with E-state index in [0.29, 0.717) is 5.82 Å². The van der Waals surface area contributed by atoms with Gasteiger partial charge in [-0.3, -0.25) is 4.79 Å². The van der Waals surface area contributed by atoms with Crippen molar-refractivity contribution >= 4 is 34.3 Å². The third-order valence-electron chi connectivity index (χ3n) is 4.61. The number of para-hydroxylation sites is 2. The van der Waals surface area contributed by atoms with Crippen LogP contribution in [0.2, 0.25) is 0 Å². The van der Waals surface area contributed by atoms with Crippen LogP contribution >= 0.6 is 11.8 Å². The van der Waals surface area contributed by atoms with Gasteiger partial charge in [0.25, 0.3) is 0 Å². The summed E-state index contributed by atoms with van der Waals surface area (Å²) in [4.78, 5) is 22.0. The molecule has 0 saturated carbocycles. The van der Waals surface area contributed by atoms with Crippen molar-refractivity contribution < 1.29 is 4.79 Å². The van der Waals surface area contributed by atoms with Gasteiger partial charge in [-0.1, -0.05) is 78.5 Å². The summed E-state index contributed by atoms with van der Waals surface area (Å²) < 4.78 is 0. The quantitative estimate of drug-likeness (QED) is 0.344. The molecule has 144 valence electrons. The molecule has 0 bridgehead atoms. The Morgan fingerprint density at radius 2 is 1.59 bits per heavy atom. The number of hydrogen-bond donors (Lipinski definition) is 1. The van der Waals surface area contributed by atoms with Crippen LogP contribution in [0.15, 0.2) is 83.9 Å². The normalized spacial score (nSPS) is 11.9. The van der Waals surface area contributed by atoms with Crippen molar-refractivity contribution in [3.63, 3.8) is 0 Å². The van der Waals surface area contributed by atoms with E-state index in [9.17, 15) is 4.79 Å². The molecule has 0 radical (unpaired) electrons. The average Bonchev–Trinajstić information content (AvgIpc) is 2.74. The van der Waals surface area contributed by atoms with Crippen molar-refractivity contribution in [2.75, 3.05) is 5.32 Å². The molecule has 1 aromatic heterocycles. The predicted octanol–water partition coefficient (Wildman–Crippen LogP) is 5.72. The highest BCUT2D eigenvalue weighted by atomic mass is 32.2. The standard InChI is InChI=1S/C24H21N3OS/c1-16(29-24-20-13-7-9-15-22(20)25-17(2)26-24)23(28)27-21-14-8-6-12-19(21)18-10-4-3-5-11-18/h3-16H,1-2H3,(H,27,28). The average molecular weight is 400 g/mol. The highest BCUT2D eigenvalue weighted by Crippen LogP contribution is 2.31. The Bertz CT molecular complexity index is 1160. The summed E-state index contributed by atoms with van der Waals surface area (Å²) in [6.45, 7) is 3.77. The first-order valence-corrected chi connectivity index (χ1v) is 10.3. The third-order valence-corrected chi connectivity index (χ3v) is 5.71. The molecule has 0 saturated heterocycles. The van der Waals surface area contributed by atoms with Gasteiger partial charge in [-0.05, 0) is 31.5 Å². The number of benzene rings is 3. The van der Waals surface area contributed by atoms with Crippen molar-refractivity contribution in [2.24, 2.45) is 0 Å². The summed E-state index contributed by atoms with van der Waals surface area (Å²) in [5, 5.41) is 4.57. The monoisotopic (exact) mass is 399 g/mol. The predicted molar refractivity (Wildman–Crippen MR) is 120 cm³/mol. The van der Waals surface area contributed by atoms with Crippen LogP contribution in [0.4, 0.5) is 5.69 Å². The summed E-state index contributed by atoms with van der Waals surface area (Å²) in [5.41, 5.74) is 3.77. The van der Waals surface area contributed by atoms with Crippen LogP contribution in [0.3, 0.4) is 0 Å². The van der Waals surface area contributed by atoms with Gasteiger partial charge in [0.05, 0.1) is 10.8 Å². The lowest BCUT2D eigenvalue weighted by Gasteiger charge is -2.15. The molecule has 4 rings (SSSR count). The number of rotatable bonds is 5. The Kier molecular flexibility index (Phi) is 5.58. The highest BCUT2D eigenvalue weighted by molar-refractivity contribution is 8.00. The molecule has 4 nitrogen and oxygen atoms in total. The summed E-state index contributed by atoms with van der Waals surface area (Å²) in [5.74, 6) is 0.645. The minimum atomic E-state index is -0.309. The maximum absolute atomic E-state index is 12.9. The lowest BCUT2D eigenvalue weighted by atomic mass is 10.0. The Labute approximate surface area is 174 Å². The maximum atomic E-state index is 12.9. The lowest BCUT2D eigenvalue weighted by Crippen LogP contribution is -2.23. The number of carbonyl (C=O) groups excluding carboxylic acids is 1. The number of thioether (sulfide) groups is 1. The molecule has 1 atom stereocenters. The van der Waals surface area contributed by atoms with Gasteiger partial charge in [0, 0.05) is 16.6 Å². The zero-order valence-corrected chi connectivity index (χ0v) is 17.1. The van der Waals surface area contributed by atoms with Crippen molar-refractivity contribution in [1.82, 2.24) is 9.97 Å². The lowest BCUT2D eigenvalue weighted by molar-refractivity contribution is -0.115. The molecule has 3 aromatic carbocycles. The molecule has 1 N–H and O–H groups in total. The SMILES string of the molecule is Cc1nc(SC(C)C(=O)Nc2ccccc2-c2ccccc2)c2ccccc2n1. The molecule has 1 unspecified atom stereocenters. The van der Waals surface area contributed by atoms with E-state index < -0.39 is 0 Å². The molecule has 0 fully saturated rings. The topological polar surface area (TPSA) is 54.9 Å². The number of nitrogens with zero attached hydrogens (tertiary/aromatic N) is 2. The summed E-state index contributed by atoms with van der Waals surface area (Å²) in [7, 11) is 0. The second kappa shape index (κ2) is 8.45. The minimum Gasteiger partial charge on any atom is -0.325 e. The fraction of sp³-hybridized carbons (Fsp3) is 0.125. The first kappa shape index (κ1) is 19.2. The molecule has 1 heterocycles. The van der Waals surface area contributed by atoms with Gasteiger partial charge in [0.15, 0.2) is 0 Å². The van der Waals surface area contributed by atoms with Crippen molar-refractivity contribution in [3.8, 4) is 11.1 Å². The molecule has 0 aliphatic heterocycles. The van der Waals surface area contributed by atoms with Crippen molar-refractivity contribution in [3.05, 3.63) is 84.7 Å². The molecule has 0 spiro atoms. The largest absolute Gasteiger partial charge is 0.325 e. The number of carbonyl (C=O) groups is 1. The Morgan fingerprint density at radius 3 is 2.41 bits per heavy atom. The van der Waals surface area contributed by atoms with E-state index in [4.69, 9.17) is 0 Å². The molecule has 29 heavy (non-hydrogen) atoms. The number of anilines is 1. The van der Waals surface area contributed by atoms with Gasteiger partial charge in [-0.2, -0.15) is 0 Å². The van der Waals surface area contributed by atoms with Crippen LogP contribution < -0.4 is 5.32 Å². The van der Waals surface area contributed by atoms with Gasteiger partial charge in [0.1, 0.15) is 10.9 Å². The van der Waals surface area contributed by atoms with Gasteiger partial charge in [-0.15, -0.1) is 0 Å². The fourth-order valence-corrected chi connectivity index (χ4v) is 4.15. The second-order valence-electron chi connectivity index (χ2n) is 6.75. The second-order valence-corrected chi connectivity index (χ2v) is 8.08. The highest BCUT2D eigenvalue weighted by Gasteiger charge is 2.19. The number of aromatic nitrogens is 2. The van der Waals surface area contributed by atoms with Crippen LogP contribution in [0.1, 0.15) is 12.7 Å². The minimum absolute atomic E-state index is 0.0567. The van der Waals surface area contributed by atoms with Crippen molar-refractivity contribution in [2.45, 2.75) is 24.1 Å². The van der Waals surface area contributed by atoms with Crippen LogP contribution in [-0.2, 0) is 4.79 Å². The summed E-state index contributed by atoms with van der Waals surface area (Å²) in [6.07, 6.45) is 0. The van der Waals surface area contributed by atoms with Crippen LogP contribution in [-0.4, -0.2) is 21.1 Å². The van der Waals surface area contributed by atoms with Crippen LogP contribution in [0.25, 0.3) is 22.0 Å². The van der Waals surface area contributed by atoms with Crippen LogP contribution in [0.5, 0.6) is 0 Å². The molecule has 5 heteroatoms. The Morgan fingerprint density at radius 1 is 0.897 bits per heavy atom. The van der Waals surface area contributed by atoms with Gasteiger partial charge < -0.3 is 5.32 Å². The summed E-state index contributed by atoms with van der Waals surface area (Å²) in [6, 6.07) is 25.8. The van der Waals surface area contributed by atoms with Gasteiger partial charge in [0.2, 0.25) is 5.91 Å². The van der Waals surface area contributed by atoms with E-state index in [0.717, 1.165) is 32.7 Å².